The van der Waals surface area contributed by atoms with Crippen LogP contribution in [0.2, 0.25) is 0 Å². The zero-order valence-corrected chi connectivity index (χ0v) is 9.18. The Hall–Kier alpha value is -1.80. The Morgan fingerprint density at radius 2 is 1.75 bits per heavy atom. The molecule has 2 aromatic rings. The molecule has 0 saturated heterocycles. The van der Waals surface area contributed by atoms with Crippen LogP contribution in [0.3, 0.4) is 0 Å². The Morgan fingerprint density at radius 3 is 2.38 bits per heavy atom. The van der Waals surface area contributed by atoms with E-state index in [1.54, 1.807) is 0 Å². The number of hydrogen-bond donors (Lipinski definition) is 1. The summed E-state index contributed by atoms with van der Waals surface area (Å²) in [6.45, 7) is 2.09. The summed E-state index contributed by atoms with van der Waals surface area (Å²) in [7, 11) is 0. The van der Waals surface area contributed by atoms with Gasteiger partial charge in [0.15, 0.2) is 0 Å². The van der Waals surface area contributed by atoms with Crippen LogP contribution in [0.4, 0.5) is 0 Å². The number of benzene rings is 2. The summed E-state index contributed by atoms with van der Waals surface area (Å²) in [6, 6.07) is 15.3. The van der Waals surface area contributed by atoms with Crippen molar-refractivity contribution in [1.82, 2.24) is 0 Å². The standard InChI is InChI=1S/C14H14O2/c1-11-3-2-4-14(9-11)16-13-7-5-12(10-15)6-8-13/h2-9,15H,10H2,1H3. The van der Waals surface area contributed by atoms with E-state index in [0.717, 1.165) is 17.1 Å². The second-order valence-corrected chi connectivity index (χ2v) is 3.72. The first-order valence-corrected chi connectivity index (χ1v) is 5.22. The number of aryl methyl sites for hydroxylation is 1. The molecule has 0 unspecified atom stereocenters. The van der Waals surface area contributed by atoms with Gasteiger partial charge in [-0.2, -0.15) is 0 Å². The van der Waals surface area contributed by atoms with E-state index >= 15 is 0 Å². The molecule has 0 spiro atoms. The number of aliphatic hydroxyl groups is 1. The quantitative estimate of drug-likeness (QED) is 0.849. The Kier molecular flexibility index (Phi) is 3.22. The zero-order chi connectivity index (χ0) is 11.4. The fourth-order valence-corrected chi connectivity index (χ4v) is 1.48. The Balaban J connectivity index is 2.14. The number of aliphatic hydroxyl groups excluding tert-OH is 1. The van der Waals surface area contributed by atoms with E-state index in [1.165, 1.54) is 5.56 Å². The summed E-state index contributed by atoms with van der Waals surface area (Å²) in [5, 5.41) is 8.91. The second-order valence-electron chi connectivity index (χ2n) is 3.72. The average molecular weight is 214 g/mol. The molecule has 0 bridgehead atoms. The van der Waals surface area contributed by atoms with E-state index in [9.17, 15) is 0 Å². The molecule has 2 aromatic carbocycles. The minimum absolute atomic E-state index is 0.0602. The van der Waals surface area contributed by atoms with Crippen molar-refractivity contribution >= 4 is 0 Å². The molecular weight excluding hydrogens is 200 g/mol. The van der Waals surface area contributed by atoms with Crippen molar-refractivity contribution in [3.8, 4) is 11.5 Å². The molecule has 2 heteroatoms. The van der Waals surface area contributed by atoms with Crippen LogP contribution < -0.4 is 4.74 Å². The largest absolute Gasteiger partial charge is 0.457 e. The lowest BCUT2D eigenvalue weighted by atomic mass is 10.2. The predicted molar refractivity (Wildman–Crippen MR) is 63.6 cm³/mol. The van der Waals surface area contributed by atoms with E-state index in [-0.39, 0.29) is 6.61 Å². The van der Waals surface area contributed by atoms with Gasteiger partial charge < -0.3 is 9.84 Å². The van der Waals surface area contributed by atoms with Gasteiger partial charge in [-0.05, 0) is 42.3 Å². The summed E-state index contributed by atoms with van der Waals surface area (Å²) in [5.41, 5.74) is 2.06. The van der Waals surface area contributed by atoms with Crippen LogP contribution in [0.15, 0.2) is 48.5 Å². The molecule has 16 heavy (non-hydrogen) atoms. The first-order valence-electron chi connectivity index (χ1n) is 5.22. The van der Waals surface area contributed by atoms with Gasteiger partial charge in [0.1, 0.15) is 11.5 Å². The summed E-state index contributed by atoms with van der Waals surface area (Å²) in [4.78, 5) is 0. The van der Waals surface area contributed by atoms with E-state index in [1.807, 2.05) is 55.5 Å². The molecule has 1 N–H and O–H groups in total. The Bertz CT molecular complexity index is 460. The van der Waals surface area contributed by atoms with Gasteiger partial charge in [-0.15, -0.1) is 0 Å². The first-order chi connectivity index (χ1) is 7.78. The maximum Gasteiger partial charge on any atom is 0.127 e. The molecule has 0 amide bonds. The fraction of sp³-hybridized carbons (Fsp3) is 0.143. The summed E-state index contributed by atoms with van der Waals surface area (Å²) in [5.74, 6) is 1.61. The molecule has 0 aliphatic heterocycles. The molecule has 82 valence electrons. The molecule has 0 fully saturated rings. The molecule has 0 saturated carbocycles. The lowest BCUT2D eigenvalue weighted by Gasteiger charge is -2.06. The van der Waals surface area contributed by atoms with E-state index < -0.39 is 0 Å². The zero-order valence-electron chi connectivity index (χ0n) is 9.18. The fourth-order valence-electron chi connectivity index (χ4n) is 1.48. The molecule has 2 nitrogen and oxygen atoms in total. The molecule has 0 aliphatic carbocycles. The molecule has 0 atom stereocenters. The Morgan fingerprint density at radius 1 is 1.00 bits per heavy atom. The molecule has 0 aliphatic rings. The normalized spacial score (nSPS) is 10.1. The minimum atomic E-state index is 0.0602. The van der Waals surface area contributed by atoms with Crippen molar-refractivity contribution in [2.75, 3.05) is 0 Å². The van der Waals surface area contributed by atoms with Crippen molar-refractivity contribution in [2.24, 2.45) is 0 Å². The van der Waals surface area contributed by atoms with Gasteiger partial charge in [0, 0.05) is 0 Å². The lowest BCUT2D eigenvalue weighted by Crippen LogP contribution is -1.86. The summed E-state index contributed by atoms with van der Waals surface area (Å²) >= 11 is 0. The van der Waals surface area contributed by atoms with Gasteiger partial charge in [0.25, 0.3) is 0 Å². The highest BCUT2D eigenvalue weighted by Gasteiger charge is 1.97. The van der Waals surface area contributed by atoms with Crippen LogP contribution in [0.25, 0.3) is 0 Å². The third kappa shape index (κ3) is 2.61. The predicted octanol–water partition coefficient (Wildman–Crippen LogP) is 3.28. The van der Waals surface area contributed by atoms with Crippen molar-refractivity contribution in [2.45, 2.75) is 13.5 Å². The van der Waals surface area contributed by atoms with Crippen molar-refractivity contribution in [3.05, 3.63) is 59.7 Å². The van der Waals surface area contributed by atoms with Crippen molar-refractivity contribution in [3.63, 3.8) is 0 Å². The number of rotatable bonds is 3. The maximum absolute atomic E-state index is 8.91. The lowest BCUT2D eigenvalue weighted by molar-refractivity contribution is 0.281. The number of hydrogen-bond acceptors (Lipinski definition) is 2. The monoisotopic (exact) mass is 214 g/mol. The maximum atomic E-state index is 8.91. The Labute approximate surface area is 95.1 Å². The highest BCUT2D eigenvalue weighted by atomic mass is 16.5. The van der Waals surface area contributed by atoms with Crippen LogP contribution in [0, 0.1) is 6.92 Å². The van der Waals surface area contributed by atoms with Gasteiger partial charge >= 0.3 is 0 Å². The van der Waals surface area contributed by atoms with Crippen LogP contribution in [-0.4, -0.2) is 5.11 Å². The average Bonchev–Trinajstić information content (AvgIpc) is 2.30. The van der Waals surface area contributed by atoms with Gasteiger partial charge in [0.05, 0.1) is 6.61 Å². The van der Waals surface area contributed by atoms with E-state index in [2.05, 4.69) is 0 Å². The molecule has 0 radical (unpaired) electrons. The number of ether oxygens (including phenoxy) is 1. The van der Waals surface area contributed by atoms with Crippen LogP contribution in [-0.2, 0) is 6.61 Å². The SMILES string of the molecule is Cc1cccc(Oc2ccc(CO)cc2)c1. The molecule has 0 aromatic heterocycles. The van der Waals surface area contributed by atoms with Gasteiger partial charge in [-0.25, -0.2) is 0 Å². The van der Waals surface area contributed by atoms with E-state index in [0.29, 0.717) is 0 Å². The van der Waals surface area contributed by atoms with E-state index in [4.69, 9.17) is 9.84 Å². The van der Waals surface area contributed by atoms with Gasteiger partial charge in [0.2, 0.25) is 0 Å². The van der Waals surface area contributed by atoms with Crippen molar-refractivity contribution in [1.29, 1.82) is 0 Å². The summed E-state index contributed by atoms with van der Waals surface area (Å²) < 4.78 is 5.68. The highest BCUT2D eigenvalue weighted by molar-refractivity contribution is 5.34. The van der Waals surface area contributed by atoms with Crippen LogP contribution in [0.1, 0.15) is 11.1 Å². The smallest absolute Gasteiger partial charge is 0.127 e. The second kappa shape index (κ2) is 4.81. The third-order valence-corrected chi connectivity index (χ3v) is 2.33. The first kappa shape index (κ1) is 10.7. The topological polar surface area (TPSA) is 29.5 Å². The molecular formula is C14H14O2. The summed E-state index contributed by atoms with van der Waals surface area (Å²) in [6.07, 6.45) is 0. The molecule has 2 rings (SSSR count). The third-order valence-electron chi connectivity index (χ3n) is 2.33. The van der Waals surface area contributed by atoms with Crippen LogP contribution in [0.5, 0.6) is 11.5 Å². The van der Waals surface area contributed by atoms with Gasteiger partial charge in [-0.1, -0.05) is 24.3 Å². The van der Waals surface area contributed by atoms with Crippen molar-refractivity contribution < 1.29 is 9.84 Å². The molecule has 0 heterocycles. The van der Waals surface area contributed by atoms with Crippen LogP contribution >= 0.6 is 0 Å². The highest BCUT2D eigenvalue weighted by Crippen LogP contribution is 2.22. The van der Waals surface area contributed by atoms with Gasteiger partial charge in [-0.3, -0.25) is 0 Å². The minimum Gasteiger partial charge on any atom is -0.457 e.